The zero-order valence-corrected chi connectivity index (χ0v) is 11.1. The van der Waals surface area contributed by atoms with E-state index in [-0.39, 0.29) is 0 Å². The molecule has 3 rings (SSSR count). The molecule has 0 bridgehead atoms. The van der Waals surface area contributed by atoms with Crippen molar-refractivity contribution in [2.75, 3.05) is 14.1 Å². The van der Waals surface area contributed by atoms with Crippen LogP contribution in [0.4, 0.5) is 0 Å². The second kappa shape index (κ2) is 3.61. The number of nitrogens with zero attached hydrogens (tertiary/aromatic N) is 2. The molecule has 1 heterocycles. The van der Waals surface area contributed by atoms with Crippen molar-refractivity contribution < 1.29 is 0 Å². The maximum absolute atomic E-state index is 2.45. The number of hydrogen-bond donors (Lipinski definition) is 0. The van der Waals surface area contributed by atoms with Gasteiger partial charge < -0.3 is 9.47 Å². The average Bonchev–Trinajstić information content (AvgIpc) is 2.97. The molecule has 1 fully saturated rings. The summed E-state index contributed by atoms with van der Waals surface area (Å²) in [5.74, 6) is 0. The Balaban J connectivity index is 2.04. The summed E-state index contributed by atoms with van der Waals surface area (Å²) in [4.78, 5) is 2.33. The Labute approximate surface area is 103 Å². The summed E-state index contributed by atoms with van der Waals surface area (Å²) < 4.78 is 2.45. The van der Waals surface area contributed by atoms with E-state index in [4.69, 9.17) is 0 Å². The Kier molecular flexibility index (Phi) is 2.30. The van der Waals surface area contributed by atoms with Gasteiger partial charge in [0.25, 0.3) is 0 Å². The van der Waals surface area contributed by atoms with Gasteiger partial charge in [-0.15, -0.1) is 0 Å². The first kappa shape index (κ1) is 10.8. The van der Waals surface area contributed by atoms with E-state index < -0.39 is 0 Å². The first-order valence-electron chi connectivity index (χ1n) is 6.32. The van der Waals surface area contributed by atoms with Gasteiger partial charge in [0.05, 0.1) is 6.04 Å². The highest BCUT2D eigenvalue weighted by Gasteiger charge is 2.40. The van der Waals surface area contributed by atoms with Gasteiger partial charge in [-0.1, -0.05) is 0 Å². The number of benzene rings is 1. The molecule has 2 unspecified atom stereocenters. The van der Waals surface area contributed by atoms with E-state index >= 15 is 0 Å². The highest BCUT2D eigenvalue weighted by atomic mass is 15.2. The van der Waals surface area contributed by atoms with E-state index in [0.717, 1.165) is 0 Å². The molecule has 0 aliphatic heterocycles. The molecule has 0 radical (unpaired) electrons. The monoisotopic (exact) mass is 228 g/mol. The number of likely N-dealkylation sites (N-methyl/N-ethyl adjacent to an activating group) is 1. The zero-order valence-electron chi connectivity index (χ0n) is 11.1. The van der Waals surface area contributed by atoms with Crippen molar-refractivity contribution in [3.63, 3.8) is 0 Å². The van der Waals surface area contributed by atoms with Crippen LogP contribution in [0.25, 0.3) is 10.9 Å². The van der Waals surface area contributed by atoms with Crippen molar-refractivity contribution in [2.24, 2.45) is 0 Å². The lowest BCUT2D eigenvalue weighted by Gasteiger charge is -2.11. The molecule has 2 heteroatoms. The third-order valence-electron chi connectivity index (χ3n) is 4.08. The van der Waals surface area contributed by atoms with Crippen LogP contribution < -0.4 is 0 Å². The van der Waals surface area contributed by atoms with Gasteiger partial charge >= 0.3 is 0 Å². The minimum atomic E-state index is 0.671. The molecule has 2 nitrogen and oxygen atoms in total. The molecule has 1 aliphatic carbocycles. The van der Waals surface area contributed by atoms with Crippen LogP contribution >= 0.6 is 0 Å². The fourth-order valence-corrected chi connectivity index (χ4v) is 2.73. The zero-order chi connectivity index (χ0) is 12.2. The van der Waals surface area contributed by atoms with E-state index in [1.807, 2.05) is 0 Å². The maximum atomic E-state index is 2.45. The molecule has 17 heavy (non-hydrogen) atoms. The molecule has 1 aliphatic rings. The lowest BCUT2D eigenvalue weighted by Crippen LogP contribution is -2.17. The molecule has 2 atom stereocenters. The fourth-order valence-electron chi connectivity index (χ4n) is 2.73. The summed E-state index contributed by atoms with van der Waals surface area (Å²) >= 11 is 0. The summed E-state index contributed by atoms with van der Waals surface area (Å²) in [6.45, 7) is 4.38. The molecule has 1 aromatic carbocycles. The Morgan fingerprint density at radius 2 is 1.88 bits per heavy atom. The lowest BCUT2D eigenvalue weighted by atomic mass is 10.1. The quantitative estimate of drug-likeness (QED) is 0.766. The van der Waals surface area contributed by atoms with Gasteiger partial charge in [-0.05, 0) is 69.1 Å². The van der Waals surface area contributed by atoms with Crippen molar-refractivity contribution in [3.05, 3.63) is 35.5 Å². The summed E-state index contributed by atoms with van der Waals surface area (Å²) in [5, 5.41) is 1.37. The van der Waals surface area contributed by atoms with Gasteiger partial charge in [0.1, 0.15) is 0 Å². The summed E-state index contributed by atoms with van der Waals surface area (Å²) in [6.07, 6.45) is 3.53. The predicted molar refractivity (Wildman–Crippen MR) is 72.5 cm³/mol. The predicted octanol–water partition coefficient (Wildman–Crippen LogP) is 3.13. The minimum Gasteiger partial charge on any atom is -0.343 e. The first-order chi connectivity index (χ1) is 8.08. The molecule has 0 saturated heterocycles. The lowest BCUT2D eigenvalue weighted by molar-refractivity contribution is 0.377. The Bertz CT molecular complexity index is 566. The van der Waals surface area contributed by atoms with Crippen LogP contribution in [0, 0.1) is 13.8 Å². The van der Waals surface area contributed by atoms with Gasteiger partial charge in [-0.2, -0.15) is 0 Å². The molecule has 1 saturated carbocycles. The summed E-state index contributed by atoms with van der Waals surface area (Å²) in [5.41, 5.74) is 4.16. The standard InChI is InChI=1S/C15H20N2/c1-10-7-12-5-6-17(13(12)8-11(10)2)15-9-14(15)16(3)4/h5-8,14-15H,9H2,1-4H3. The average molecular weight is 228 g/mol. The molecule has 0 amide bonds. The van der Waals surface area contributed by atoms with Crippen LogP contribution in [0.3, 0.4) is 0 Å². The smallest absolute Gasteiger partial charge is 0.0508 e. The fraction of sp³-hybridized carbons (Fsp3) is 0.467. The van der Waals surface area contributed by atoms with Gasteiger partial charge in [0.15, 0.2) is 0 Å². The van der Waals surface area contributed by atoms with Crippen LogP contribution in [0.1, 0.15) is 23.6 Å². The van der Waals surface area contributed by atoms with Crippen LogP contribution in [-0.4, -0.2) is 29.6 Å². The van der Waals surface area contributed by atoms with Gasteiger partial charge in [0.2, 0.25) is 0 Å². The highest BCUT2D eigenvalue weighted by Crippen LogP contribution is 2.41. The molecule has 1 aromatic heterocycles. The first-order valence-corrected chi connectivity index (χ1v) is 6.32. The van der Waals surface area contributed by atoms with Crippen LogP contribution in [0.15, 0.2) is 24.4 Å². The minimum absolute atomic E-state index is 0.671. The third kappa shape index (κ3) is 1.67. The summed E-state index contributed by atoms with van der Waals surface area (Å²) in [7, 11) is 4.34. The molecular formula is C15H20N2. The SMILES string of the molecule is Cc1cc2ccn(C3CC3N(C)C)c2cc1C. The van der Waals surface area contributed by atoms with Crippen LogP contribution in [0.2, 0.25) is 0 Å². The Hall–Kier alpha value is -1.28. The highest BCUT2D eigenvalue weighted by molar-refractivity contribution is 5.82. The molecule has 2 aromatic rings. The Morgan fingerprint density at radius 3 is 2.53 bits per heavy atom. The number of hydrogen-bond acceptors (Lipinski definition) is 1. The third-order valence-corrected chi connectivity index (χ3v) is 4.08. The maximum Gasteiger partial charge on any atom is 0.0508 e. The number of fused-ring (bicyclic) bond motifs is 1. The van der Waals surface area contributed by atoms with Crippen molar-refractivity contribution in [3.8, 4) is 0 Å². The number of aryl methyl sites for hydroxylation is 2. The van der Waals surface area contributed by atoms with Crippen molar-refractivity contribution >= 4 is 10.9 Å². The van der Waals surface area contributed by atoms with Gasteiger partial charge in [0, 0.05) is 17.8 Å². The molecule has 0 spiro atoms. The second-order valence-electron chi connectivity index (χ2n) is 5.55. The molecule has 0 N–H and O–H groups in total. The van der Waals surface area contributed by atoms with E-state index in [9.17, 15) is 0 Å². The van der Waals surface area contributed by atoms with Crippen molar-refractivity contribution in [1.82, 2.24) is 9.47 Å². The van der Waals surface area contributed by atoms with Crippen molar-refractivity contribution in [2.45, 2.75) is 32.4 Å². The molecular weight excluding hydrogens is 208 g/mol. The normalized spacial score (nSPS) is 23.6. The van der Waals surface area contributed by atoms with Crippen molar-refractivity contribution in [1.29, 1.82) is 0 Å². The van der Waals surface area contributed by atoms with E-state index in [1.54, 1.807) is 0 Å². The topological polar surface area (TPSA) is 8.17 Å². The second-order valence-corrected chi connectivity index (χ2v) is 5.55. The number of rotatable bonds is 2. The van der Waals surface area contributed by atoms with Gasteiger partial charge in [-0.25, -0.2) is 0 Å². The van der Waals surface area contributed by atoms with E-state index in [2.05, 4.69) is 61.8 Å². The molecule has 90 valence electrons. The summed E-state index contributed by atoms with van der Waals surface area (Å²) in [6, 6.07) is 8.26. The van der Waals surface area contributed by atoms with Crippen LogP contribution in [-0.2, 0) is 0 Å². The largest absolute Gasteiger partial charge is 0.343 e. The van der Waals surface area contributed by atoms with E-state index in [1.165, 1.54) is 28.5 Å². The van der Waals surface area contributed by atoms with Crippen LogP contribution in [0.5, 0.6) is 0 Å². The van der Waals surface area contributed by atoms with Gasteiger partial charge in [-0.3, -0.25) is 0 Å². The van der Waals surface area contributed by atoms with E-state index in [0.29, 0.717) is 12.1 Å². The Morgan fingerprint density at radius 1 is 1.18 bits per heavy atom. The number of aromatic nitrogens is 1.